The second-order valence-electron chi connectivity index (χ2n) is 6.14. The number of anilines is 1. The van der Waals surface area contributed by atoms with Crippen LogP contribution in [0.4, 0.5) is 5.69 Å². The first-order valence-electron chi connectivity index (χ1n) is 7.94. The van der Waals surface area contributed by atoms with Crippen molar-refractivity contribution in [3.63, 3.8) is 0 Å². The molecule has 0 radical (unpaired) electrons. The van der Waals surface area contributed by atoms with E-state index < -0.39 is 6.10 Å². The number of aliphatic hydroxyl groups is 1. The summed E-state index contributed by atoms with van der Waals surface area (Å²) in [6.45, 7) is 3.57. The maximum atomic E-state index is 11.2. The molecule has 1 amide bonds. The minimum atomic E-state index is -0.409. The van der Waals surface area contributed by atoms with Crippen LogP contribution in [0, 0.1) is 0 Å². The minimum absolute atomic E-state index is 0.0642. The number of amides is 1. The molecule has 2 aromatic carbocycles. The van der Waals surface area contributed by atoms with Crippen molar-refractivity contribution in [3.05, 3.63) is 65.2 Å². The van der Waals surface area contributed by atoms with Crippen LogP contribution in [0.25, 0.3) is 0 Å². The van der Waals surface area contributed by atoms with E-state index in [0.29, 0.717) is 6.42 Å². The summed E-state index contributed by atoms with van der Waals surface area (Å²) in [7, 11) is 0. The molecule has 1 aliphatic rings. The number of benzene rings is 2. The van der Waals surface area contributed by atoms with Gasteiger partial charge in [-0.25, -0.2) is 0 Å². The summed E-state index contributed by atoms with van der Waals surface area (Å²) in [5, 5.41) is 16.7. The summed E-state index contributed by atoms with van der Waals surface area (Å²) < 4.78 is 0. The Morgan fingerprint density at radius 3 is 2.78 bits per heavy atom. The molecule has 120 valence electrons. The largest absolute Gasteiger partial charge is 0.391 e. The molecule has 4 nitrogen and oxygen atoms in total. The highest BCUT2D eigenvalue weighted by atomic mass is 16.3. The third-order valence-corrected chi connectivity index (χ3v) is 4.34. The molecule has 4 heteroatoms. The molecule has 3 N–H and O–H groups in total. The van der Waals surface area contributed by atoms with Gasteiger partial charge in [0.2, 0.25) is 5.91 Å². The van der Waals surface area contributed by atoms with Gasteiger partial charge in [0, 0.05) is 25.1 Å². The first-order valence-corrected chi connectivity index (χ1v) is 7.94. The molecule has 0 aromatic heterocycles. The number of aliphatic hydroxyl groups excluding tert-OH is 1. The van der Waals surface area contributed by atoms with Crippen LogP contribution >= 0.6 is 0 Å². The van der Waals surface area contributed by atoms with Gasteiger partial charge in [-0.05, 0) is 35.7 Å². The molecular formula is C19H22N2O2. The average Bonchev–Trinajstić information content (AvgIpc) is 2.83. The number of hydrogen-bond acceptors (Lipinski definition) is 3. The van der Waals surface area contributed by atoms with E-state index in [0.717, 1.165) is 11.3 Å². The minimum Gasteiger partial charge on any atom is -0.391 e. The standard InChI is InChI=1S/C19H22N2O2/c1-12(14-7-5-8-16(10-14)21-13(2)22)20-19-17-9-4-3-6-15(17)11-18(19)23/h3-10,12,18-20,23H,11H2,1-2H3,(H,21,22). The van der Waals surface area contributed by atoms with Crippen molar-refractivity contribution in [1.29, 1.82) is 0 Å². The van der Waals surface area contributed by atoms with Crippen molar-refractivity contribution >= 4 is 11.6 Å². The average molecular weight is 310 g/mol. The lowest BCUT2D eigenvalue weighted by atomic mass is 10.0. The summed E-state index contributed by atoms with van der Waals surface area (Å²) >= 11 is 0. The van der Waals surface area contributed by atoms with Crippen LogP contribution in [0.15, 0.2) is 48.5 Å². The van der Waals surface area contributed by atoms with Crippen LogP contribution in [0.3, 0.4) is 0 Å². The van der Waals surface area contributed by atoms with Gasteiger partial charge in [0.05, 0.1) is 12.1 Å². The number of carbonyl (C=O) groups is 1. The Kier molecular flexibility index (Phi) is 4.46. The molecule has 0 heterocycles. The lowest BCUT2D eigenvalue weighted by Crippen LogP contribution is -2.31. The Hall–Kier alpha value is -2.17. The van der Waals surface area contributed by atoms with Crippen molar-refractivity contribution in [2.45, 2.75) is 38.5 Å². The third-order valence-electron chi connectivity index (χ3n) is 4.34. The van der Waals surface area contributed by atoms with Crippen molar-refractivity contribution in [3.8, 4) is 0 Å². The fourth-order valence-electron chi connectivity index (χ4n) is 3.23. The number of nitrogens with one attached hydrogen (secondary N) is 2. The van der Waals surface area contributed by atoms with Crippen molar-refractivity contribution < 1.29 is 9.90 Å². The first-order chi connectivity index (χ1) is 11.0. The number of fused-ring (bicyclic) bond motifs is 1. The van der Waals surface area contributed by atoms with Gasteiger partial charge < -0.3 is 15.7 Å². The first kappa shape index (κ1) is 15.7. The van der Waals surface area contributed by atoms with E-state index in [9.17, 15) is 9.90 Å². The molecule has 0 saturated heterocycles. The van der Waals surface area contributed by atoms with Gasteiger partial charge in [-0.3, -0.25) is 4.79 Å². The normalized spacial score (nSPS) is 20.8. The van der Waals surface area contributed by atoms with Crippen LogP contribution in [0.2, 0.25) is 0 Å². The van der Waals surface area contributed by atoms with Gasteiger partial charge in [0.15, 0.2) is 0 Å². The highest BCUT2D eigenvalue weighted by Gasteiger charge is 2.31. The van der Waals surface area contributed by atoms with E-state index in [4.69, 9.17) is 0 Å². The van der Waals surface area contributed by atoms with Crippen molar-refractivity contribution in [2.24, 2.45) is 0 Å². The predicted molar refractivity (Wildman–Crippen MR) is 91.2 cm³/mol. The summed E-state index contributed by atoms with van der Waals surface area (Å²) in [6, 6.07) is 16.0. The zero-order chi connectivity index (χ0) is 16.4. The Balaban J connectivity index is 1.77. The molecule has 3 atom stereocenters. The van der Waals surface area contributed by atoms with Crippen LogP contribution < -0.4 is 10.6 Å². The molecule has 0 fully saturated rings. The molecule has 23 heavy (non-hydrogen) atoms. The van der Waals surface area contributed by atoms with Crippen molar-refractivity contribution in [1.82, 2.24) is 5.32 Å². The smallest absolute Gasteiger partial charge is 0.221 e. The van der Waals surface area contributed by atoms with Gasteiger partial charge in [-0.15, -0.1) is 0 Å². The summed E-state index contributed by atoms with van der Waals surface area (Å²) in [5.41, 5.74) is 4.24. The maximum Gasteiger partial charge on any atom is 0.221 e. The number of hydrogen-bond donors (Lipinski definition) is 3. The van der Waals surface area contributed by atoms with Crippen LogP contribution in [0.5, 0.6) is 0 Å². The Morgan fingerprint density at radius 2 is 2.00 bits per heavy atom. The second-order valence-corrected chi connectivity index (χ2v) is 6.14. The molecule has 3 rings (SSSR count). The molecule has 1 aliphatic carbocycles. The zero-order valence-corrected chi connectivity index (χ0v) is 13.4. The Labute approximate surface area is 136 Å². The van der Waals surface area contributed by atoms with Gasteiger partial charge in [0.1, 0.15) is 0 Å². The van der Waals surface area contributed by atoms with Crippen molar-refractivity contribution in [2.75, 3.05) is 5.32 Å². The molecule has 0 spiro atoms. The lowest BCUT2D eigenvalue weighted by Gasteiger charge is -2.24. The van der Waals surface area contributed by atoms with Crippen LogP contribution in [-0.4, -0.2) is 17.1 Å². The van der Waals surface area contributed by atoms with Gasteiger partial charge in [-0.1, -0.05) is 36.4 Å². The summed E-state index contributed by atoms with van der Waals surface area (Å²) in [4.78, 5) is 11.2. The van der Waals surface area contributed by atoms with E-state index >= 15 is 0 Å². The SMILES string of the molecule is CC(=O)Nc1cccc(C(C)NC2c3ccccc3CC2O)c1. The quantitative estimate of drug-likeness (QED) is 0.813. The highest BCUT2D eigenvalue weighted by Crippen LogP contribution is 2.33. The second kappa shape index (κ2) is 6.52. The lowest BCUT2D eigenvalue weighted by molar-refractivity contribution is -0.114. The van der Waals surface area contributed by atoms with Crippen LogP contribution in [-0.2, 0) is 11.2 Å². The van der Waals surface area contributed by atoms with Gasteiger partial charge in [-0.2, -0.15) is 0 Å². The van der Waals surface area contributed by atoms with Gasteiger partial charge in [0.25, 0.3) is 0 Å². The molecule has 2 aromatic rings. The van der Waals surface area contributed by atoms with E-state index in [1.165, 1.54) is 18.1 Å². The molecular weight excluding hydrogens is 288 g/mol. The summed E-state index contributed by atoms with van der Waals surface area (Å²) in [5.74, 6) is -0.0806. The fraction of sp³-hybridized carbons (Fsp3) is 0.316. The highest BCUT2D eigenvalue weighted by molar-refractivity contribution is 5.88. The predicted octanol–water partition coefficient (Wildman–Crippen LogP) is 2.95. The monoisotopic (exact) mass is 310 g/mol. The van der Waals surface area contributed by atoms with E-state index in [2.05, 4.69) is 29.7 Å². The van der Waals surface area contributed by atoms with Gasteiger partial charge >= 0.3 is 0 Å². The third kappa shape index (κ3) is 3.44. The summed E-state index contributed by atoms with van der Waals surface area (Å²) in [6.07, 6.45) is 0.278. The number of carbonyl (C=O) groups excluding carboxylic acids is 1. The van der Waals surface area contributed by atoms with E-state index in [1.54, 1.807) is 0 Å². The Bertz CT molecular complexity index is 714. The van der Waals surface area contributed by atoms with Crippen LogP contribution in [0.1, 0.15) is 42.6 Å². The topological polar surface area (TPSA) is 61.4 Å². The fourth-order valence-corrected chi connectivity index (χ4v) is 3.23. The maximum absolute atomic E-state index is 11.2. The Morgan fingerprint density at radius 1 is 1.22 bits per heavy atom. The van der Waals surface area contributed by atoms with E-state index in [1.807, 2.05) is 36.4 Å². The molecule has 0 saturated carbocycles. The zero-order valence-electron chi connectivity index (χ0n) is 13.4. The molecule has 3 unspecified atom stereocenters. The molecule has 0 aliphatic heterocycles. The van der Waals surface area contributed by atoms with E-state index in [-0.39, 0.29) is 18.0 Å². The molecule has 0 bridgehead atoms. The number of rotatable bonds is 4.